The third-order valence-electron chi connectivity index (χ3n) is 3.31. The molecule has 0 saturated carbocycles. The summed E-state index contributed by atoms with van der Waals surface area (Å²) in [5, 5.41) is 3.34. The number of hydrogen-bond donors (Lipinski definition) is 1. The molecule has 0 bridgehead atoms. The molecule has 1 saturated heterocycles. The Hall–Kier alpha value is -1.69. The number of carbonyl (C=O) groups excluding carboxylic acids is 1. The Morgan fingerprint density at radius 1 is 1.48 bits per heavy atom. The van der Waals surface area contributed by atoms with Crippen molar-refractivity contribution in [2.75, 3.05) is 13.1 Å². The van der Waals surface area contributed by atoms with E-state index >= 15 is 0 Å². The Bertz CT molecular complexity index is 458. The van der Waals surface area contributed by atoms with Gasteiger partial charge in [0.25, 0.3) is 0 Å². The SMILES string of the molecule is CC(C)(C)OC(=O)N1CCC[C@H]1CNCc1cnccn1. The van der Waals surface area contributed by atoms with Gasteiger partial charge in [-0.3, -0.25) is 9.97 Å². The zero-order valence-electron chi connectivity index (χ0n) is 13.0. The predicted molar refractivity (Wildman–Crippen MR) is 79.7 cm³/mol. The fraction of sp³-hybridized carbons (Fsp3) is 0.667. The molecule has 21 heavy (non-hydrogen) atoms. The van der Waals surface area contributed by atoms with Crippen LogP contribution in [-0.2, 0) is 11.3 Å². The fourth-order valence-corrected chi connectivity index (χ4v) is 2.40. The van der Waals surface area contributed by atoms with Crippen LogP contribution >= 0.6 is 0 Å². The molecule has 1 atom stereocenters. The van der Waals surface area contributed by atoms with Crippen molar-refractivity contribution >= 4 is 6.09 Å². The van der Waals surface area contributed by atoms with Crippen molar-refractivity contribution in [3.8, 4) is 0 Å². The van der Waals surface area contributed by atoms with Crippen LogP contribution in [0.5, 0.6) is 0 Å². The standard InChI is InChI=1S/C15H24N4O2/c1-15(2,3)21-14(20)19-8-4-5-13(19)11-17-10-12-9-16-6-7-18-12/h6-7,9,13,17H,4-5,8,10-11H2,1-3H3/t13-/m0/s1. The van der Waals surface area contributed by atoms with Crippen molar-refractivity contribution in [3.63, 3.8) is 0 Å². The number of nitrogens with zero attached hydrogens (tertiary/aromatic N) is 3. The van der Waals surface area contributed by atoms with Crippen molar-refractivity contribution in [2.24, 2.45) is 0 Å². The lowest BCUT2D eigenvalue weighted by atomic mass is 10.2. The second-order valence-corrected chi connectivity index (χ2v) is 6.30. The summed E-state index contributed by atoms with van der Waals surface area (Å²) in [7, 11) is 0. The van der Waals surface area contributed by atoms with E-state index < -0.39 is 5.60 Å². The topological polar surface area (TPSA) is 67.3 Å². The first-order valence-electron chi connectivity index (χ1n) is 7.41. The lowest BCUT2D eigenvalue weighted by Gasteiger charge is -2.28. The summed E-state index contributed by atoms with van der Waals surface area (Å²) in [6, 6.07) is 0.191. The Kier molecular flexibility index (Phi) is 5.12. The van der Waals surface area contributed by atoms with Crippen molar-refractivity contribution in [3.05, 3.63) is 24.3 Å². The van der Waals surface area contributed by atoms with E-state index in [2.05, 4.69) is 15.3 Å². The summed E-state index contributed by atoms with van der Waals surface area (Å²) < 4.78 is 5.45. The highest BCUT2D eigenvalue weighted by Crippen LogP contribution is 2.20. The highest BCUT2D eigenvalue weighted by atomic mass is 16.6. The van der Waals surface area contributed by atoms with E-state index in [4.69, 9.17) is 4.74 Å². The average Bonchev–Trinajstić information content (AvgIpc) is 2.86. The molecular weight excluding hydrogens is 268 g/mol. The van der Waals surface area contributed by atoms with Gasteiger partial charge in [0.2, 0.25) is 0 Å². The fourth-order valence-electron chi connectivity index (χ4n) is 2.40. The smallest absolute Gasteiger partial charge is 0.410 e. The summed E-state index contributed by atoms with van der Waals surface area (Å²) in [6.45, 7) is 7.85. The summed E-state index contributed by atoms with van der Waals surface area (Å²) in [5.41, 5.74) is 0.455. The second kappa shape index (κ2) is 6.85. The number of carbonyl (C=O) groups is 1. The highest BCUT2D eigenvalue weighted by molar-refractivity contribution is 5.69. The quantitative estimate of drug-likeness (QED) is 0.919. The van der Waals surface area contributed by atoms with E-state index in [-0.39, 0.29) is 12.1 Å². The van der Waals surface area contributed by atoms with Crippen molar-refractivity contribution < 1.29 is 9.53 Å². The number of hydrogen-bond acceptors (Lipinski definition) is 5. The molecule has 2 heterocycles. The Morgan fingerprint density at radius 3 is 2.95 bits per heavy atom. The van der Waals surface area contributed by atoms with Crippen LogP contribution < -0.4 is 5.32 Å². The van der Waals surface area contributed by atoms with Gasteiger partial charge in [-0.15, -0.1) is 0 Å². The maximum atomic E-state index is 12.2. The first-order chi connectivity index (χ1) is 9.96. The van der Waals surface area contributed by atoms with E-state index in [0.717, 1.165) is 31.6 Å². The minimum Gasteiger partial charge on any atom is -0.444 e. The van der Waals surface area contributed by atoms with E-state index in [1.54, 1.807) is 18.6 Å². The maximum Gasteiger partial charge on any atom is 0.410 e. The molecule has 1 fully saturated rings. The van der Waals surface area contributed by atoms with Crippen molar-refractivity contribution in [1.82, 2.24) is 20.2 Å². The van der Waals surface area contributed by atoms with Crippen LogP contribution in [0, 0.1) is 0 Å². The van der Waals surface area contributed by atoms with Gasteiger partial charge < -0.3 is 15.0 Å². The average molecular weight is 292 g/mol. The predicted octanol–water partition coefficient (Wildman–Crippen LogP) is 1.97. The van der Waals surface area contributed by atoms with Gasteiger partial charge in [0, 0.05) is 44.3 Å². The molecule has 2 rings (SSSR count). The molecule has 0 aromatic carbocycles. The number of rotatable bonds is 4. The van der Waals surface area contributed by atoms with Gasteiger partial charge in [0.05, 0.1) is 5.69 Å². The highest BCUT2D eigenvalue weighted by Gasteiger charge is 2.31. The van der Waals surface area contributed by atoms with Crippen LogP contribution in [0.2, 0.25) is 0 Å². The van der Waals surface area contributed by atoms with Crippen LogP contribution in [0.3, 0.4) is 0 Å². The third-order valence-corrected chi connectivity index (χ3v) is 3.31. The largest absolute Gasteiger partial charge is 0.444 e. The molecule has 116 valence electrons. The van der Waals surface area contributed by atoms with Crippen LogP contribution in [0.15, 0.2) is 18.6 Å². The summed E-state index contributed by atoms with van der Waals surface area (Å²) in [5.74, 6) is 0. The molecule has 0 aliphatic carbocycles. The Labute approximate surface area is 125 Å². The number of nitrogens with one attached hydrogen (secondary N) is 1. The van der Waals surface area contributed by atoms with Crippen molar-refractivity contribution in [2.45, 2.75) is 51.8 Å². The summed E-state index contributed by atoms with van der Waals surface area (Å²) >= 11 is 0. The molecule has 1 amide bonds. The molecule has 1 aromatic rings. The normalized spacial score (nSPS) is 18.8. The van der Waals surface area contributed by atoms with Gasteiger partial charge in [-0.05, 0) is 33.6 Å². The molecule has 0 unspecified atom stereocenters. The van der Waals surface area contributed by atoms with Gasteiger partial charge in [0.1, 0.15) is 5.60 Å². The minimum absolute atomic E-state index is 0.191. The monoisotopic (exact) mass is 292 g/mol. The number of ether oxygens (including phenoxy) is 1. The minimum atomic E-state index is -0.447. The third kappa shape index (κ3) is 4.97. The van der Waals surface area contributed by atoms with Crippen LogP contribution in [-0.4, -0.2) is 45.7 Å². The molecule has 6 nitrogen and oxygen atoms in total. The number of likely N-dealkylation sites (tertiary alicyclic amines) is 1. The van der Waals surface area contributed by atoms with Gasteiger partial charge >= 0.3 is 6.09 Å². The van der Waals surface area contributed by atoms with Crippen molar-refractivity contribution in [1.29, 1.82) is 0 Å². The Balaban J connectivity index is 1.80. The zero-order valence-corrected chi connectivity index (χ0v) is 13.0. The van der Waals surface area contributed by atoms with Crippen LogP contribution in [0.1, 0.15) is 39.3 Å². The van der Waals surface area contributed by atoms with E-state index in [0.29, 0.717) is 6.54 Å². The molecule has 6 heteroatoms. The van der Waals surface area contributed by atoms with E-state index in [9.17, 15) is 4.79 Å². The van der Waals surface area contributed by atoms with Gasteiger partial charge in [-0.1, -0.05) is 0 Å². The summed E-state index contributed by atoms with van der Waals surface area (Å²) in [6.07, 6.45) is 6.90. The lowest BCUT2D eigenvalue weighted by molar-refractivity contribution is 0.0226. The van der Waals surface area contributed by atoms with Crippen LogP contribution in [0.25, 0.3) is 0 Å². The van der Waals surface area contributed by atoms with Crippen LogP contribution in [0.4, 0.5) is 4.79 Å². The molecule has 1 aliphatic heterocycles. The van der Waals surface area contributed by atoms with Gasteiger partial charge in [0.15, 0.2) is 0 Å². The second-order valence-electron chi connectivity index (χ2n) is 6.30. The lowest BCUT2D eigenvalue weighted by Crippen LogP contribution is -2.44. The zero-order chi connectivity index (χ0) is 15.3. The molecule has 0 spiro atoms. The van der Waals surface area contributed by atoms with E-state index in [1.807, 2.05) is 25.7 Å². The molecule has 0 radical (unpaired) electrons. The Morgan fingerprint density at radius 2 is 2.29 bits per heavy atom. The maximum absolute atomic E-state index is 12.2. The molecule has 1 aliphatic rings. The summed E-state index contributed by atoms with van der Waals surface area (Å²) in [4.78, 5) is 22.2. The van der Waals surface area contributed by atoms with Gasteiger partial charge in [-0.2, -0.15) is 0 Å². The molecule has 1 N–H and O–H groups in total. The first kappa shape index (κ1) is 15.7. The molecule has 1 aromatic heterocycles. The van der Waals surface area contributed by atoms with E-state index in [1.165, 1.54) is 0 Å². The first-order valence-corrected chi connectivity index (χ1v) is 7.41. The number of aromatic nitrogens is 2. The number of amides is 1. The van der Waals surface area contributed by atoms with Gasteiger partial charge in [-0.25, -0.2) is 4.79 Å². The molecular formula is C15H24N4O2.